The lowest BCUT2D eigenvalue weighted by molar-refractivity contribution is 0.326. The average molecular weight is 336 g/mol. The van der Waals surface area contributed by atoms with Crippen LogP contribution in [0.3, 0.4) is 0 Å². The molecule has 2 rings (SSSR count). The van der Waals surface area contributed by atoms with Crippen LogP contribution in [0.5, 0.6) is 5.88 Å². The van der Waals surface area contributed by atoms with Crippen molar-refractivity contribution < 1.29 is 13.2 Å². The molecule has 0 fully saturated rings. The van der Waals surface area contributed by atoms with Crippen LogP contribution >= 0.6 is 0 Å². The van der Waals surface area contributed by atoms with Gasteiger partial charge in [0.1, 0.15) is 0 Å². The molecule has 1 N–H and O–H groups in total. The molecule has 0 amide bonds. The van der Waals surface area contributed by atoms with Gasteiger partial charge in [-0.25, -0.2) is 13.4 Å². The fraction of sp³-hybridized carbons (Fsp3) is 0.471. The van der Waals surface area contributed by atoms with Crippen LogP contribution < -0.4 is 4.74 Å². The summed E-state index contributed by atoms with van der Waals surface area (Å²) in [6, 6.07) is 3.70. The highest BCUT2D eigenvalue weighted by Gasteiger charge is 2.20. The van der Waals surface area contributed by atoms with Crippen molar-refractivity contribution in [2.45, 2.75) is 44.9 Å². The maximum atomic E-state index is 12.1. The molecule has 0 saturated carbocycles. The molecule has 6 heteroatoms. The summed E-state index contributed by atoms with van der Waals surface area (Å²) in [6.07, 6.45) is 5.72. The number of ether oxygens (including phenoxy) is 1. The Labute approximate surface area is 138 Å². The molecular formula is C17H24N2O3S. The number of nitrogens with zero attached hydrogens (tertiary/aromatic N) is 1. The first-order valence-corrected chi connectivity index (χ1v) is 9.84. The zero-order valence-corrected chi connectivity index (χ0v) is 15.0. The summed E-state index contributed by atoms with van der Waals surface area (Å²) < 4.78 is 29.8. The summed E-state index contributed by atoms with van der Waals surface area (Å²) in [5.41, 5.74) is 3.24. The van der Waals surface area contributed by atoms with Crippen molar-refractivity contribution in [3.63, 3.8) is 0 Å². The van der Waals surface area contributed by atoms with Crippen LogP contribution in [-0.2, 0) is 22.7 Å². The standard InChI is InChI=1S/C17H24N2O3S/c1-5-8-12-9-15(18-11-12)13-10-16(23(4,20)21)14(6-2)19-17(13)22-7-3/h9-11,18H,5-8H2,1-4H3. The monoisotopic (exact) mass is 336 g/mol. The third kappa shape index (κ3) is 3.93. The number of aromatic amines is 1. The molecule has 2 aromatic rings. The SMILES string of the molecule is CCCc1c[nH]c(-c2cc(S(C)(=O)=O)c(CC)nc2OCC)c1. The minimum atomic E-state index is -3.34. The van der Waals surface area contributed by atoms with E-state index in [2.05, 4.69) is 16.9 Å². The lowest BCUT2D eigenvalue weighted by Gasteiger charge is -2.13. The van der Waals surface area contributed by atoms with Crippen molar-refractivity contribution in [2.24, 2.45) is 0 Å². The zero-order chi connectivity index (χ0) is 17.0. The molecule has 0 bridgehead atoms. The molecule has 0 aliphatic rings. The molecule has 0 atom stereocenters. The van der Waals surface area contributed by atoms with E-state index in [0.717, 1.165) is 18.5 Å². The summed E-state index contributed by atoms with van der Waals surface area (Å²) in [6.45, 7) is 6.38. The van der Waals surface area contributed by atoms with E-state index in [0.29, 0.717) is 30.2 Å². The Bertz CT molecular complexity index is 779. The Morgan fingerprint density at radius 3 is 2.52 bits per heavy atom. The topological polar surface area (TPSA) is 72.0 Å². The second-order valence-electron chi connectivity index (χ2n) is 5.52. The molecule has 0 saturated heterocycles. The Kier molecular flexibility index (Phi) is 5.46. The number of hydrogen-bond donors (Lipinski definition) is 1. The molecular weight excluding hydrogens is 312 g/mol. The number of sulfone groups is 1. The molecule has 126 valence electrons. The van der Waals surface area contributed by atoms with Crippen molar-refractivity contribution in [1.82, 2.24) is 9.97 Å². The highest BCUT2D eigenvalue weighted by atomic mass is 32.2. The van der Waals surface area contributed by atoms with Gasteiger partial charge in [-0.3, -0.25) is 0 Å². The maximum Gasteiger partial charge on any atom is 0.223 e. The first-order chi connectivity index (χ1) is 10.9. The van der Waals surface area contributed by atoms with Crippen LogP contribution in [0.25, 0.3) is 11.3 Å². The van der Waals surface area contributed by atoms with E-state index < -0.39 is 9.84 Å². The van der Waals surface area contributed by atoms with Gasteiger partial charge in [-0.05, 0) is 37.5 Å². The lowest BCUT2D eigenvalue weighted by Crippen LogP contribution is -2.07. The van der Waals surface area contributed by atoms with Crippen LogP contribution in [0.4, 0.5) is 0 Å². The van der Waals surface area contributed by atoms with Gasteiger partial charge in [0.15, 0.2) is 9.84 Å². The fourth-order valence-electron chi connectivity index (χ4n) is 2.56. The first-order valence-electron chi connectivity index (χ1n) is 7.95. The molecule has 2 heterocycles. The first kappa shape index (κ1) is 17.5. The fourth-order valence-corrected chi connectivity index (χ4v) is 3.51. The van der Waals surface area contributed by atoms with E-state index in [1.807, 2.05) is 26.1 Å². The maximum absolute atomic E-state index is 12.1. The van der Waals surface area contributed by atoms with Gasteiger partial charge >= 0.3 is 0 Å². The number of H-pyrrole nitrogens is 1. The molecule has 0 aromatic carbocycles. The van der Waals surface area contributed by atoms with Gasteiger partial charge in [-0.1, -0.05) is 20.3 Å². The van der Waals surface area contributed by atoms with Crippen LogP contribution in [0.1, 0.15) is 38.4 Å². The summed E-state index contributed by atoms with van der Waals surface area (Å²) in [7, 11) is -3.34. The number of nitrogens with one attached hydrogen (secondary N) is 1. The van der Waals surface area contributed by atoms with Crippen LogP contribution in [0.15, 0.2) is 23.2 Å². The molecule has 0 unspecified atom stereocenters. The van der Waals surface area contributed by atoms with E-state index in [-0.39, 0.29) is 4.90 Å². The Hall–Kier alpha value is -1.82. The Balaban J connectivity index is 2.63. The second kappa shape index (κ2) is 7.17. The Morgan fingerprint density at radius 2 is 1.96 bits per heavy atom. The average Bonchev–Trinajstić information content (AvgIpc) is 2.95. The quantitative estimate of drug-likeness (QED) is 0.841. The van der Waals surface area contributed by atoms with Crippen molar-refractivity contribution in [3.8, 4) is 17.1 Å². The van der Waals surface area contributed by atoms with Crippen molar-refractivity contribution in [1.29, 1.82) is 0 Å². The summed E-state index contributed by atoms with van der Waals surface area (Å²) in [5, 5.41) is 0. The van der Waals surface area contributed by atoms with E-state index in [9.17, 15) is 8.42 Å². The second-order valence-corrected chi connectivity index (χ2v) is 7.50. The predicted molar refractivity (Wildman–Crippen MR) is 91.7 cm³/mol. The molecule has 0 aliphatic heterocycles. The predicted octanol–water partition coefficient (Wildman–Crippen LogP) is 3.39. The third-order valence-corrected chi connectivity index (χ3v) is 4.77. The van der Waals surface area contributed by atoms with Crippen LogP contribution in [-0.4, -0.2) is 31.2 Å². The van der Waals surface area contributed by atoms with Crippen molar-refractivity contribution in [3.05, 3.63) is 29.6 Å². The number of hydrogen-bond acceptors (Lipinski definition) is 4. The highest BCUT2D eigenvalue weighted by molar-refractivity contribution is 7.90. The minimum Gasteiger partial charge on any atom is -0.477 e. The lowest BCUT2D eigenvalue weighted by atomic mass is 10.1. The normalized spacial score (nSPS) is 11.7. The minimum absolute atomic E-state index is 0.269. The van der Waals surface area contributed by atoms with E-state index in [1.165, 1.54) is 11.8 Å². The Morgan fingerprint density at radius 1 is 1.22 bits per heavy atom. The van der Waals surface area contributed by atoms with Gasteiger partial charge in [0.05, 0.1) is 28.5 Å². The number of rotatable bonds is 7. The smallest absolute Gasteiger partial charge is 0.223 e. The number of aromatic nitrogens is 2. The summed E-state index contributed by atoms with van der Waals surface area (Å²) in [5.74, 6) is 0.474. The van der Waals surface area contributed by atoms with Gasteiger partial charge in [0.2, 0.25) is 5.88 Å². The molecule has 23 heavy (non-hydrogen) atoms. The molecule has 5 nitrogen and oxygen atoms in total. The van der Waals surface area contributed by atoms with Gasteiger partial charge < -0.3 is 9.72 Å². The molecule has 0 radical (unpaired) electrons. The summed E-state index contributed by atoms with van der Waals surface area (Å²) in [4.78, 5) is 7.93. The van der Waals surface area contributed by atoms with Gasteiger partial charge in [-0.15, -0.1) is 0 Å². The largest absolute Gasteiger partial charge is 0.477 e. The van der Waals surface area contributed by atoms with Crippen molar-refractivity contribution in [2.75, 3.05) is 12.9 Å². The number of pyridine rings is 1. The zero-order valence-electron chi connectivity index (χ0n) is 14.1. The molecule has 0 spiro atoms. The van der Waals surface area contributed by atoms with Crippen molar-refractivity contribution >= 4 is 9.84 Å². The van der Waals surface area contributed by atoms with E-state index in [1.54, 1.807) is 6.07 Å². The highest BCUT2D eigenvalue weighted by Crippen LogP contribution is 2.32. The van der Waals surface area contributed by atoms with Gasteiger partial charge in [-0.2, -0.15) is 0 Å². The molecule has 0 aliphatic carbocycles. The summed E-state index contributed by atoms with van der Waals surface area (Å²) >= 11 is 0. The van der Waals surface area contributed by atoms with Crippen LogP contribution in [0.2, 0.25) is 0 Å². The van der Waals surface area contributed by atoms with Gasteiger partial charge in [0.25, 0.3) is 0 Å². The van der Waals surface area contributed by atoms with Gasteiger partial charge in [0, 0.05) is 12.5 Å². The van der Waals surface area contributed by atoms with E-state index in [4.69, 9.17) is 4.74 Å². The third-order valence-electron chi connectivity index (χ3n) is 3.61. The molecule has 2 aromatic heterocycles. The van der Waals surface area contributed by atoms with Crippen LogP contribution in [0, 0.1) is 0 Å². The number of aryl methyl sites for hydroxylation is 2. The van der Waals surface area contributed by atoms with E-state index >= 15 is 0 Å².